The van der Waals surface area contributed by atoms with E-state index in [2.05, 4.69) is 20.6 Å². The van der Waals surface area contributed by atoms with Crippen molar-refractivity contribution in [3.63, 3.8) is 0 Å². The molecule has 5 rings (SSSR count). The topological polar surface area (TPSA) is 84.0 Å². The maximum absolute atomic E-state index is 14.0. The first kappa shape index (κ1) is 26.7. The number of fused-ring (bicyclic) bond motifs is 1. The molecule has 1 fully saturated rings. The van der Waals surface area contributed by atoms with E-state index in [1.807, 2.05) is 18.4 Å². The Labute approximate surface area is 226 Å². The Morgan fingerprint density at radius 3 is 2.65 bits per heavy atom. The fourth-order valence-corrected chi connectivity index (χ4v) is 8.66. The highest BCUT2D eigenvalue weighted by atomic mass is 35.5. The molecule has 37 heavy (non-hydrogen) atoms. The van der Waals surface area contributed by atoms with Crippen molar-refractivity contribution in [1.82, 2.24) is 15.3 Å². The van der Waals surface area contributed by atoms with E-state index in [0.717, 1.165) is 40.1 Å². The Balaban J connectivity index is 1.52. The number of nitrogens with zero attached hydrogens (tertiary/aromatic N) is 2. The van der Waals surface area contributed by atoms with Crippen molar-refractivity contribution in [2.75, 3.05) is 29.6 Å². The summed E-state index contributed by atoms with van der Waals surface area (Å²) in [4.78, 5) is 10.4. The third-order valence-electron chi connectivity index (χ3n) is 6.62. The van der Waals surface area contributed by atoms with E-state index in [9.17, 15) is 21.6 Å². The molecular weight excluding hydrogens is 565 g/mol. The van der Waals surface area contributed by atoms with E-state index in [0.29, 0.717) is 35.0 Å². The van der Waals surface area contributed by atoms with E-state index in [1.165, 1.54) is 23.1 Å². The molecule has 1 saturated heterocycles. The molecule has 0 aliphatic carbocycles. The average molecular weight is 589 g/mol. The Bertz CT molecular complexity index is 1430. The second-order valence-electron chi connectivity index (χ2n) is 9.08. The molecule has 6 nitrogen and oxygen atoms in total. The van der Waals surface area contributed by atoms with Crippen molar-refractivity contribution in [1.29, 1.82) is 0 Å². The summed E-state index contributed by atoms with van der Waals surface area (Å²) in [6, 6.07) is 5.45. The number of rotatable bonds is 5. The number of hydrogen-bond donors (Lipinski definition) is 2. The summed E-state index contributed by atoms with van der Waals surface area (Å²) in [5.74, 6) is 0.183. The van der Waals surface area contributed by atoms with E-state index >= 15 is 0 Å². The summed E-state index contributed by atoms with van der Waals surface area (Å²) >= 11 is 9.13. The molecule has 0 radical (unpaired) electrons. The van der Waals surface area contributed by atoms with Crippen molar-refractivity contribution in [3.8, 4) is 10.6 Å². The Morgan fingerprint density at radius 1 is 1.19 bits per heavy atom. The molecule has 0 amide bonds. The minimum atomic E-state index is -4.65. The van der Waals surface area contributed by atoms with Crippen LogP contribution in [0, 0.1) is 0 Å². The molecule has 4 heterocycles. The monoisotopic (exact) mass is 588 g/mol. The molecular formula is C24H24ClF3N4O2S3. The molecule has 0 unspecified atom stereocenters. The minimum Gasteiger partial charge on any atom is -0.323 e. The van der Waals surface area contributed by atoms with E-state index < -0.39 is 21.6 Å². The van der Waals surface area contributed by atoms with Crippen LogP contribution >= 0.6 is 34.7 Å². The number of benzene rings is 1. The molecule has 1 aromatic carbocycles. The molecule has 0 atom stereocenters. The molecule has 2 aliphatic heterocycles. The fraction of sp³-hybridized carbons (Fsp3) is 0.417. The van der Waals surface area contributed by atoms with Gasteiger partial charge in [-0.2, -0.15) is 13.2 Å². The number of aromatic nitrogens is 2. The first-order chi connectivity index (χ1) is 17.5. The SMILES string of the molecule is CSc1cc(-c2nc(Nc3cc4c(cc3Cl)CNCC4)ncc2C(F)(F)F)sc1C1CCS(=O)(=O)CC1. The lowest BCUT2D eigenvalue weighted by molar-refractivity contribution is -0.137. The highest BCUT2D eigenvalue weighted by Crippen LogP contribution is 2.46. The van der Waals surface area contributed by atoms with Crippen LogP contribution in [0.3, 0.4) is 0 Å². The van der Waals surface area contributed by atoms with Crippen LogP contribution < -0.4 is 10.6 Å². The second kappa shape index (κ2) is 10.4. The number of anilines is 2. The summed E-state index contributed by atoms with van der Waals surface area (Å²) in [6.45, 7) is 1.54. The maximum Gasteiger partial charge on any atom is 0.420 e. The number of hydrogen-bond acceptors (Lipinski definition) is 8. The van der Waals surface area contributed by atoms with E-state index in [4.69, 9.17) is 11.6 Å². The zero-order valence-corrected chi connectivity index (χ0v) is 23.0. The highest BCUT2D eigenvalue weighted by molar-refractivity contribution is 7.98. The number of sulfone groups is 1. The summed E-state index contributed by atoms with van der Waals surface area (Å²) in [6.07, 6.45) is -0.243. The second-order valence-corrected chi connectivity index (χ2v) is 13.7. The molecule has 0 saturated carbocycles. The number of thiophene rings is 1. The van der Waals surface area contributed by atoms with Gasteiger partial charge < -0.3 is 10.6 Å². The van der Waals surface area contributed by atoms with E-state index in [1.54, 1.807) is 6.07 Å². The van der Waals surface area contributed by atoms with Crippen molar-refractivity contribution in [3.05, 3.63) is 51.0 Å². The Kier molecular flexibility index (Phi) is 7.49. The van der Waals surface area contributed by atoms with Crippen LogP contribution in [-0.4, -0.2) is 42.7 Å². The summed E-state index contributed by atoms with van der Waals surface area (Å²) in [5.41, 5.74) is 1.60. The van der Waals surface area contributed by atoms with Gasteiger partial charge in [0.05, 0.1) is 32.8 Å². The molecule has 2 N–H and O–H groups in total. The van der Waals surface area contributed by atoms with E-state index in [-0.39, 0.29) is 29.1 Å². The van der Waals surface area contributed by atoms with Gasteiger partial charge >= 0.3 is 6.18 Å². The lowest BCUT2D eigenvalue weighted by Gasteiger charge is -2.21. The molecule has 2 aliphatic rings. The summed E-state index contributed by atoms with van der Waals surface area (Å²) in [7, 11) is -3.05. The molecule has 198 valence electrons. The van der Waals surface area contributed by atoms with Crippen LogP contribution in [0.2, 0.25) is 5.02 Å². The Morgan fingerprint density at radius 2 is 1.95 bits per heavy atom. The van der Waals surface area contributed by atoms with Gasteiger partial charge in [0.15, 0.2) is 0 Å². The Hall–Kier alpha value is -1.86. The van der Waals surface area contributed by atoms with Gasteiger partial charge in [0, 0.05) is 22.5 Å². The third kappa shape index (κ3) is 5.78. The number of nitrogens with one attached hydrogen (secondary N) is 2. The van der Waals surface area contributed by atoms with Gasteiger partial charge in [0.2, 0.25) is 5.95 Å². The van der Waals surface area contributed by atoms with Crippen LogP contribution in [0.15, 0.2) is 29.3 Å². The molecule has 3 aromatic rings. The first-order valence-corrected chi connectivity index (χ1v) is 15.9. The predicted molar refractivity (Wildman–Crippen MR) is 143 cm³/mol. The van der Waals surface area contributed by atoms with Gasteiger partial charge in [-0.1, -0.05) is 11.6 Å². The number of halogens is 4. The normalized spacial score (nSPS) is 18.0. The smallest absolute Gasteiger partial charge is 0.323 e. The average Bonchev–Trinajstić information content (AvgIpc) is 3.28. The minimum absolute atomic E-state index is 0.0118. The van der Waals surface area contributed by atoms with Crippen LogP contribution in [0.4, 0.5) is 24.8 Å². The van der Waals surface area contributed by atoms with Gasteiger partial charge in [0.25, 0.3) is 0 Å². The molecule has 2 aromatic heterocycles. The predicted octanol–water partition coefficient (Wildman–Crippen LogP) is 6.28. The highest BCUT2D eigenvalue weighted by Gasteiger charge is 2.37. The zero-order valence-electron chi connectivity index (χ0n) is 19.8. The van der Waals surface area contributed by atoms with Crippen LogP contribution in [0.25, 0.3) is 10.6 Å². The first-order valence-electron chi connectivity index (χ1n) is 11.7. The van der Waals surface area contributed by atoms with Gasteiger partial charge in [-0.25, -0.2) is 18.4 Å². The quantitative estimate of drug-likeness (QED) is 0.339. The zero-order chi connectivity index (χ0) is 26.4. The largest absolute Gasteiger partial charge is 0.420 e. The van der Waals surface area contributed by atoms with Gasteiger partial charge in [-0.3, -0.25) is 0 Å². The molecule has 0 bridgehead atoms. The van der Waals surface area contributed by atoms with Crippen LogP contribution in [0.5, 0.6) is 0 Å². The number of thioether (sulfide) groups is 1. The van der Waals surface area contributed by atoms with Gasteiger partial charge in [0.1, 0.15) is 15.4 Å². The van der Waals surface area contributed by atoms with Crippen LogP contribution in [-0.2, 0) is 29.0 Å². The summed E-state index contributed by atoms with van der Waals surface area (Å²) < 4.78 is 65.7. The lowest BCUT2D eigenvalue weighted by Crippen LogP contribution is -2.23. The lowest BCUT2D eigenvalue weighted by atomic mass is 10.0. The third-order valence-corrected chi connectivity index (χ3v) is 10.9. The number of alkyl halides is 3. The van der Waals surface area contributed by atoms with Crippen molar-refractivity contribution in [2.24, 2.45) is 0 Å². The summed E-state index contributed by atoms with van der Waals surface area (Å²) in [5, 5.41) is 6.72. The van der Waals surface area contributed by atoms with Crippen LogP contribution in [0.1, 0.15) is 40.3 Å². The molecule has 0 spiro atoms. The van der Waals surface area contributed by atoms with Gasteiger partial charge in [-0.15, -0.1) is 23.1 Å². The van der Waals surface area contributed by atoms with Crippen molar-refractivity contribution < 1.29 is 21.6 Å². The maximum atomic E-state index is 14.0. The van der Waals surface area contributed by atoms with Crippen molar-refractivity contribution in [2.45, 2.75) is 42.8 Å². The van der Waals surface area contributed by atoms with Gasteiger partial charge in [-0.05, 0) is 67.3 Å². The van der Waals surface area contributed by atoms with Crippen molar-refractivity contribution >= 4 is 56.2 Å². The fourth-order valence-electron chi connectivity index (χ4n) is 4.66. The molecule has 13 heteroatoms. The standard InChI is InChI=1S/C24H24ClF3N4O2S3/c1-35-20-10-19(36-22(20)13-3-6-37(33,34)7-4-13)21-16(24(26,27)28)12-30-23(32-21)31-18-9-14-2-5-29-11-15(14)8-17(18)25/h8-10,12-13,29H,2-7,11H2,1H3,(H,30,31,32).